The van der Waals surface area contributed by atoms with Crippen LogP contribution in [-0.2, 0) is 18.4 Å². The van der Waals surface area contributed by atoms with Crippen LogP contribution in [0.15, 0.2) is 29.5 Å². The molecule has 0 aromatic rings. The molecule has 238 valence electrons. The molecule has 4 atom stereocenters. The number of allylic oxidation sites excluding steroid dienone is 2. The smallest absolute Gasteiger partial charge is 0.305 e. The third kappa shape index (κ3) is 12.1. The molecular formula is C33H63NO5Si2. The Balaban J connectivity index is 3.30. The average Bonchev–Trinajstić information content (AvgIpc) is 3.18. The molecule has 0 spiro atoms. The largest absolute Gasteiger partial charge is 0.469 e. The Hall–Kier alpha value is -1.23. The topological polar surface area (TPSA) is 77.4 Å². The average molecular weight is 610 g/mol. The molecule has 1 saturated carbocycles. The fourth-order valence-corrected chi connectivity index (χ4v) is 7.40. The molecule has 1 rings (SSSR count). The van der Waals surface area contributed by atoms with Gasteiger partial charge >= 0.3 is 5.97 Å². The Morgan fingerprint density at radius 3 is 2.20 bits per heavy atom. The zero-order valence-electron chi connectivity index (χ0n) is 28.5. The molecule has 6 nitrogen and oxygen atoms in total. The van der Waals surface area contributed by atoms with E-state index in [2.05, 4.69) is 104 Å². The molecule has 8 heteroatoms. The fraction of sp³-hybridized carbons (Fsp3) is 0.818. The van der Waals surface area contributed by atoms with Gasteiger partial charge in [0, 0.05) is 24.7 Å². The summed E-state index contributed by atoms with van der Waals surface area (Å²) in [4.78, 5) is 11.4. The number of esters is 1. The first-order valence-corrected chi connectivity index (χ1v) is 21.7. The van der Waals surface area contributed by atoms with Crippen LogP contribution in [-0.4, -0.2) is 52.8 Å². The molecule has 0 unspecified atom stereocenters. The number of ether oxygens (including phenoxy) is 1. The standard InChI is InChI=1S/C33H63NO5Si2/c1-13-14-17-20-26(38-40(9,10)32(2,3)4)23-24-28-27(21-18-15-16-19-22-31(35)37-8)29(34-36)25-30(28)39-41(11,12)33(5,6)7/h15,18,23-24,26-28,30,36H,13-14,16-17,19-22,25H2,1-12H3/b18-15-,24-23+,34-29+/t26-,27+,28+,30+/m0/s1. The van der Waals surface area contributed by atoms with Crippen LogP contribution < -0.4 is 0 Å². The Bertz CT molecular complexity index is 883. The Labute approximate surface area is 254 Å². The second kappa shape index (κ2) is 16.6. The summed E-state index contributed by atoms with van der Waals surface area (Å²) in [6, 6.07) is 0. The molecule has 1 aliphatic rings. The molecular weight excluding hydrogens is 547 g/mol. The third-order valence-corrected chi connectivity index (χ3v) is 18.6. The summed E-state index contributed by atoms with van der Waals surface area (Å²) < 4.78 is 18.7. The van der Waals surface area contributed by atoms with Crippen molar-refractivity contribution in [1.29, 1.82) is 0 Å². The van der Waals surface area contributed by atoms with Crippen LogP contribution in [0.5, 0.6) is 0 Å². The lowest BCUT2D eigenvalue weighted by molar-refractivity contribution is -0.140. The monoisotopic (exact) mass is 609 g/mol. The van der Waals surface area contributed by atoms with Gasteiger partial charge < -0.3 is 18.8 Å². The summed E-state index contributed by atoms with van der Waals surface area (Å²) >= 11 is 0. The normalized spacial score (nSPS) is 22.7. The first kappa shape index (κ1) is 37.8. The van der Waals surface area contributed by atoms with E-state index in [9.17, 15) is 10.0 Å². The van der Waals surface area contributed by atoms with E-state index in [-0.39, 0.29) is 40.1 Å². The SMILES string of the molecule is CCCCC[C@@H](/C=C/[C@H]1[C@H](O[Si](C)(C)C(C)(C)C)C/C(=N\O)[C@@H]1C/C=C\CCCC(=O)OC)O[Si](C)(C)C(C)(C)C. The van der Waals surface area contributed by atoms with Gasteiger partial charge in [0.25, 0.3) is 0 Å². The third-order valence-electron chi connectivity index (χ3n) is 9.54. The number of nitrogens with zero attached hydrogens (tertiary/aromatic N) is 1. The van der Waals surface area contributed by atoms with Crippen LogP contribution in [0.1, 0.15) is 106 Å². The van der Waals surface area contributed by atoms with E-state index in [0.717, 1.165) is 37.8 Å². The summed E-state index contributed by atoms with van der Waals surface area (Å²) in [6.07, 6.45) is 17.0. The number of hydrogen-bond donors (Lipinski definition) is 1. The molecule has 0 radical (unpaired) electrons. The summed E-state index contributed by atoms with van der Waals surface area (Å²) in [5, 5.41) is 14.1. The molecule has 0 aliphatic heterocycles. The molecule has 1 N–H and O–H groups in total. The molecule has 0 aromatic heterocycles. The Kier molecular flexibility index (Phi) is 15.3. The van der Waals surface area contributed by atoms with Crippen molar-refractivity contribution in [3.8, 4) is 0 Å². The van der Waals surface area contributed by atoms with Crippen molar-refractivity contribution in [1.82, 2.24) is 0 Å². The van der Waals surface area contributed by atoms with Gasteiger partial charge in [-0.2, -0.15) is 0 Å². The van der Waals surface area contributed by atoms with Gasteiger partial charge in [0.15, 0.2) is 16.6 Å². The van der Waals surface area contributed by atoms with Gasteiger partial charge in [-0.3, -0.25) is 4.79 Å². The molecule has 0 amide bonds. The van der Waals surface area contributed by atoms with E-state index >= 15 is 0 Å². The summed E-state index contributed by atoms with van der Waals surface area (Å²) in [5.41, 5.74) is 0.815. The predicted molar refractivity (Wildman–Crippen MR) is 178 cm³/mol. The van der Waals surface area contributed by atoms with Crippen molar-refractivity contribution in [2.45, 2.75) is 155 Å². The Morgan fingerprint density at radius 2 is 1.66 bits per heavy atom. The first-order chi connectivity index (χ1) is 18.9. The van der Waals surface area contributed by atoms with Gasteiger partial charge in [0.1, 0.15) is 0 Å². The van der Waals surface area contributed by atoms with E-state index in [0.29, 0.717) is 12.8 Å². The highest BCUT2D eigenvalue weighted by atomic mass is 28.4. The maximum Gasteiger partial charge on any atom is 0.305 e. The number of hydrogen-bond acceptors (Lipinski definition) is 6. The summed E-state index contributed by atoms with van der Waals surface area (Å²) in [7, 11) is -2.57. The van der Waals surface area contributed by atoms with Crippen molar-refractivity contribution in [3.05, 3.63) is 24.3 Å². The lowest BCUT2D eigenvalue weighted by atomic mass is 9.89. The highest BCUT2D eigenvalue weighted by Crippen LogP contribution is 2.44. The second-order valence-corrected chi connectivity index (χ2v) is 24.4. The number of carbonyl (C=O) groups is 1. The van der Waals surface area contributed by atoms with Crippen LogP contribution >= 0.6 is 0 Å². The van der Waals surface area contributed by atoms with Crippen molar-refractivity contribution in [2.24, 2.45) is 17.0 Å². The maximum absolute atomic E-state index is 11.4. The molecule has 0 bridgehead atoms. The predicted octanol–water partition coefficient (Wildman–Crippen LogP) is 9.66. The zero-order valence-corrected chi connectivity index (χ0v) is 30.5. The van der Waals surface area contributed by atoms with E-state index in [1.165, 1.54) is 20.0 Å². The number of carbonyl (C=O) groups excluding carboxylic acids is 1. The van der Waals surface area contributed by atoms with Gasteiger partial charge in [-0.25, -0.2) is 0 Å². The van der Waals surface area contributed by atoms with E-state index in [4.69, 9.17) is 13.6 Å². The highest BCUT2D eigenvalue weighted by molar-refractivity contribution is 6.74. The van der Waals surface area contributed by atoms with Gasteiger partial charge in [0.2, 0.25) is 0 Å². The van der Waals surface area contributed by atoms with Crippen LogP contribution in [0, 0.1) is 11.8 Å². The Morgan fingerprint density at radius 1 is 1.02 bits per heavy atom. The number of rotatable bonds is 16. The molecule has 0 saturated heterocycles. The molecule has 1 fully saturated rings. The van der Waals surface area contributed by atoms with Crippen molar-refractivity contribution in [2.75, 3.05) is 7.11 Å². The number of methoxy groups -OCH3 is 1. The maximum atomic E-state index is 11.4. The van der Waals surface area contributed by atoms with Crippen molar-refractivity contribution >= 4 is 28.3 Å². The number of oxime groups is 1. The summed E-state index contributed by atoms with van der Waals surface area (Å²) in [6.45, 7) is 25.2. The van der Waals surface area contributed by atoms with Gasteiger partial charge in [-0.05, 0) is 61.9 Å². The minimum atomic E-state index is -2.05. The molecule has 1 aliphatic carbocycles. The molecule has 41 heavy (non-hydrogen) atoms. The quantitative estimate of drug-likeness (QED) is 0.0471. The minimum absolute atomic E-state index is 0.0278. The van der Waals surface area contributed by atoms with Crippen LogP contribution in [0.25, 0.3) is 0 Å². The van der Waals surface area contributed by atoms with Crippen LogP contribution in [0.3, 0.4) is 0 Å². The second-order valence-electron chi connectivity index (χ2n) is 14.9. The summed E-state index contributed by atoms with van der Waals surface area (Å²) in [5.74, 6) is -0.00778. The van der Waals surface area contributed by atoms with Crippen LogP contribution in [0.2, 0.25) is 36.3 Å². The van der Waals surface area contributed by atoms with E-state index < -0.39 is 16.6 Å². The lowest BCUT2D eigenvalue weighted by Gasteiger charge is -2.40. The lowest BCUT2D eigenvalue weighted by Crippen LogP contribution is -2.45. The van der Waals surface area contributed by atoms with E-state index in [1.807, 2.05) is 0 Å². The van der Waals surface area contributed by atoms with E-state index in [1.54, 1.807) is 0 Å². The fourth-order valence-electron chi connectivity index (χ4n) is 4.74. The van der Waals surface area contributed by atoms with Crippen molar-refractivity contribution < 1.29 is 23.6 Å². The van der Waals surface area contributed by atoms with Gasteiger partial charge in [-0.1, -0.05) is 97.2 Å². The zero-order chi connectivity index (χ0) is 31.5. The van der Waals surface area contributed by atoms with Crippen molar-refractivity contribution in [3.63, 3.8) is 0 Å². The van der Waals surface area contributed by atoms with Gasteiger partial charge in [-0.15, -0.1) is 0 Å². The molecule has 0 heterocycles. The molecule has 0 aromatic carbocycles. The van der Waals surface area contributed by atoms with Crippen LogP contribution in [0.4, 0.5) is 0 Å². The van der Waals surface area contributed by atoms with Gasteiger partial charge in [0.05, 0.1) is 25.0 Å². The number of unbranched alkanes of at least 4 members (excludes halogenated alkanes) is 3. The first-order valence-electron chi connectivity index (χ1n) is 15.9. The minimum Gasteiger partial charge on any atom is -0.469 e. The highest BCUT2D eigenvalue weighted by Gasteiger charge is 2.46.